The van der Waals surface area contributed by atoms with Gasteiger partial charge >= 0.3 is 35.8 Å². The van der Waals surface area contributed by atoms with E-state index in [0.29, 0.717) is 0 Å². The summed E-state index contributed by atoms with van der Waals surface area (Å²) in [6.07, 6.45) is -7.32. The first-order valence-corrected chi connectivity index (χ1v) is 15.6. The number of benzene rings is 2. The summed E-state index contributed by atoms with van der Waals surface area (Å²) < 4.78 is 31.8. The summed E-state index contributed by atoms with van der Waals surface area (Å²) in [5.41, 5.74) is -0.632. The van der Waals surface area contributed by atoms with Crippen molar-refractivity contribution in [2.75, 3.05) is 6.61 Å². The molecule has 0 bridgehead atoms. The normalized spacial score (nSPS) is 23.4. The van der Waals surface area contributed by atoms with Gasteiger partial charge in [0.15, 0.2) is 0 Å². The summed E-state index contributed by atoms with van der Waals surface area (Å²) in [6, 6.07) is 4.13. The van der Waals surface area contributed by atoms with E-state index >= 15 is 0 Å². The predicted molar refractivity (Wildman–Crippen MR) is 168 cm³/mol. The van der Waals surface area contributed by atoms with Crippen LogP contribution in [0.5, 0.6) is 23.0 Å². The van der Waals surface area contributed by atoms with Crippen LogP contribution in [-0.4, -0.2) is 93.4 Å². The van der Waals surface area contributed by atoms with Gasteiger partial charge in [-0.15, -0.1) is 0 Å². The SMILES string of the molecule is CC(=O)OCC1CC(=O)OC(C)Cc2cc(O)cc(O)c2C(=O)OC(C)CC(=O)OC(C)Cc2cc(O)cc(O)c2C(=O)OC(C)CC(=O)O1. The minimum absolute atomic E-state index is 0.0426. The summed E-state index contributed by atoms with van der Waals surface area (Å²) in [5, 5.41) is 41.2. The van der Waals surface area contributed by atoms with Gasteiger partial charge in [-0.25, -0.2) is 9.59 Å². The highest BCUT2D eigenvalue weighted by Gasteiger charge is 2.29. The maximum absolute atomic E-state index is 13.1. The molecule has 0 amide bonds. The molecule has 50 heavy (non-hydrogen) atoms. The standard InChI is InChI=1S/C34H40O16/c1-16-6-21-10-23(36)12-26(38)31(21)34(44)49-19(4)9-29(41)50-25(15-45-20(5)35)14-30(42)47-17(2)7-22-11-24(37)13-27(39)32(22)33(43)48-18(3)8-28(40)46-16/h10-13,16-19,25,36-39H,6-9,14-15H2,1-5H3. The van der Waals surface area contributed by atoms with Crippen molar-refractivity contribution >= 4 is 35.8 Å². The predicted octanol–water partition coefficient (Wildman–Crippen LogP) is 2.91. The molecule has 0 radical (unpaired) electrons. The molecule has 3 rings (SSSR count). The molecule has 2 aromatic carbocycles. The van der Waals surface area contributed by atoms with E-state index < -0.39 is 115 Å². The summed E-state index contributed by atoms with van der Waals surface area (Å²) in [5.74, 6) is -7.59. The van der Waals surface area contributed by atoms with Gasteiger partial charge in [-0.1, -0.05) is 0 Å². The summed E-state index contributed by atoms with van der Waals surface area (Å²) in [4.78, 5) is 76.1. The Balaban J connectivity index is 1.95. The van der Waals surface area contributed by atoms with E-state index in [9.17, 15) is 49.2 Å². The lowest BCUT2D eigenvalue weighted by Gasteiger charge is -2.22. The fourth-order valence-corrected chi connectivity index (χ4v) is 5.18. The number of phenolic OH excluding ortho intramolecular Hbond substituents is 4. The first-order chi connectivity index (χ1) is 23.4. The molecule has 272 valence electrons. The number of rotatable bonds is 2. The molecular weight excluding hydrogens is 664 g/mol. The average Bonchev–Trinajstić information content (AvgIpc) is 2.93. The molecule has 5 unspecified atom stereocenters. The first-order valence-electron chi connectivity index (χ1n) is 15.6. The Morgan fingerprint density at radius 2 is 0.980 bits per heavy atom. The molecule has 0 aromatic heterocycles. The Morgan fingerprint density at radius 1 is 0.600 bits per heavy atom. The topological polar surface area (TPSA) is 239 Å². The highest BCUT2D eigenvalue weighted by molar-refractivity contribution is 5.95. The number of carbonyl (C=O) groups excluding carboxylic acids is 6. The van der Waals surface area contributed by atoms with Gasteiger partial charge in [-0.05, 0) is 51.0 Å². The van der Waals surface area contributed by atoms with E-state index in [1.54, 1.807) is 0 Å². The van der Waals surface area contributed by atoms with Crippen molar-refractivity contribution in [1.29, 1.82) is 0 Å². The molecular formula is C34H40O16. The lowest BCUT2D eigenvalue weighted by molar-refractivity contribution is -0.165. The number of fused-ring (bicyclic) bond motifs is 2. The van der Waals surface area contributed by atoms with Crippen LogP contribution in [0.2, 0.25) is 0 Å². The molecule has 2 aromatic rings. The number of aromatic hydroxyl groups is 4. The van der Waals surface area contributed by atoms with Crippen LogP contribution in [0.3, 0.4) is 0 Å². The zero-order valence-corrected chi connectivity index (χ0v) is 28.1. The van der Waals surface area contributed by atoms with Crippen LogP contribution < -0.4 is 0 Å². The molecule has 0 aliphatic carbocycles. The molecule has 16 nitrogen and oxygen atoms in total. The summed E-state index contributed by atoms with van der Waals surface area (Å²) >= 11 is 0. The minimum Gasteiger partial charge on any atom is -0.508 e. The van der Waals surface area contributed by atoms with Crippen molar-refractivity contribution in [3.8, 4) is 23.0 Å². The van der Waals surface area contributed by atoms with Crippen LogP contribution in [0.15, 0.2) is 24.3 Å². The Hall–Kier alpha value is -5.54. The largest absolute Gasteiger partial charge is 0.508 e. The van der Waals surface area contributed by atoms with Crippen molar-refractivity contribution in [1.82, 2.24) is 0 Å². The van der Waals surface area contributed by atoms with E-state index in [0.717, 1.165) is 31.2 Å². The minimum atomic E-state index is -1.31. The Kier molecular flexibility index (Phi) is 13.4. The number of carbonyl (C=O) groups is 6. The zero-order valence-electron chi connectivity index (χ0n) is 28.1. The third-order valence-electron chi connectivity index (χ3n) is 7.15. The third kappa shape index (κ3) is 11.6. The van der Waals surface area contributed by atoms with Gasteiger partial charge in [-0.3, -0.25) is 19.2 Å². The number of cyclic esters (lactones) is 5. The van der Waals surface area contributed by atoms with Gasteiger partial charge < -0.3 is 48.8 Å². The zero-order chi connectivity index (χ0) is 37.3. The molecule has 1 aliphatic rings. The average molecular weight is 705 g/mol. The van der Waals surface area contributed by atoms with E-state index in [1.807, 2.05) is 0 Å². The fraction of sp³-hybridized carbons (Fsp3) is 0.471. The number of hydrogen-bond donors (Lipinski definition) is 4. The lowest BCUT2D eigenvalue weighted by Crippen LogP contribution is -2.31. The van der Waals surface area contributed by atoms with Gasteiger partial charge in [0, 0.05) is 31.9 Å². The number of esters is 6. The molecule has 1 heterocycles. The first kappa shape index (κ1) is 38.9. The van der Waals surface area contributed by atoms with Gasteiger partial charge in [0.05, 0.1) is 19.3 Å². The molecule has 0 saturated carbocycles. The summed E-state index contributed by atoms with van der Waals surface area (Å²) in [6.45, 7) is 6.29. The number of phenols is 4. The summed E-state index contributed by atoms with van der Waals surface area (Å²) in [7, 11) is 0. The Labute approximate surface area is 286 Å². The van der Waals surface area contributed by atoms with Crippen LogP contribution >= 0.6 is 0 Å². The number of ether oxygens (including phenoxy) is 6. The van der Waals surface area contributed by atoms with Crippen LogP contribution in [0.4, 0.5) is 0 Å². The van der Waals surface area contributed by atoms with E-state index in [4.69, 9.17) is 28.4 Å². The van der Waals surface area contributed by atoms with Crippen LogP contribution in [0.25, 0.3) is 0 Å². The van der Waals surface area contributed by atoms with Crippen molar-refractivity contribution in [2.24, 2.45) is 0 Å². The second kappa shape index (κ2) is 17.2. The highest BCUT2D eigenvalue weighted by atomic mass is 16.6. The Bertz CT molecular complexity index is 1610. The smallest absolute Gasteiger partial charge is 0.342 e. The van der Waals surface area contributed by atoms with E-state index in [1.165, 1.54) is 27.7 Å². The molecule has 0 spiro atoms. The molecule has 0 saturated heterocycles. The second-order valence-electron chi connectivity index (χ2n) is 12.0. The van der Waals surface area contributed by atoms with Crippen molar-refractivity contribution < 1.29 is 77.6 Å². The highest BCUT2D eigenvalue weighted by Crippen LogP contribution is 2.31. The monoisotopic (exact) mass is 704 g/mol. The lowest BCUT2D eigenvalue weighted by atomic mass is 10.00. The van der Waals surface area contributed by atoms with Crippen LogP contribution in [0, 0.1) is 0 Å². The fourth-order valence-electron chi connectivity index (χ4n) is 5.18. The van der Waals surface area contributed by atoms with Crippen LogP contribution in [-0.2, 0) is 60.4 Å². The van der Waals surface area contributed by atoms with Crippen molar-refractivity contribution in [2.45, 2.75) is 97.2 Å². The third-order valence-corrected chi connectivity index (χ3v) is 7.15. The van der Waals surface area contributed by atoms with Gasteiger partial charge in [-0.2, -0.15) is 0 Å². The maximum atomic E-state index is 13.1. The van der Waals surface area contributed by atoms with Crippen LogP contribution in [0.1, 0.15) is 85.7 Å². The van der Waals surface area contributed by atoms with E-state index in [2.05, 4.69) is 0 Å². The van der Waals surface area contributed by atoms with Gasteiger partial charge in [0.2, 0.25) is 0 Å². The molecule has 0 fully saturated rings. The van der Waals surface area contributed by atoms with Gasteiger partial charge in [0.1, 0.15) is 71.3 Å². The van der Waals surface area contributed by atoms with Crippen molar-refractivity contribution in [3.05, 3.63) is 46.5 Å². The van der Waals surface area contributed by atoms with Gasteiger partial charge in [0.25, 0.3) is 0 Å². The molecule has 16 heteroatoms. The molecule has 5 atom stereocenters. The quantitative estimate of drug-likeness (QED) is 0.260. The Morgan fingerprint density at radius 3 is 1.40 bits per heavy atom. The maximum Gasteiger partial charge on any atom is 0.342 e. The van der Waals surface area contributed by atoms with E-state index in [-0.39, 0.29) is 35.1 Å². The second-order valence-corrected chi connectivity index (χ2v) is 12.0. The number of hydrogen-bond acceptors (Lipinski definition) is 16. The molecule has 4 N–H and O–H groups in total. The molecule has 1 aliphatic heterocycles. The van der Waals surface area contributed by atoms with Crippen molar-refractivity contribution in [3.63, 3.8) is 0 Å².